The van der Waals surface area contributed by atoms with Crippen LogP contribution in [0.25, 0.3) is 0 Å². The molecule has 2 aromatic carbocycles. The van der Waals surface area contributed by atoms with Gasteiger partial charge in [0.1, 0.15) is 0 Å². The van der Waals surface area contributed by atoms with Crippen LogP contribution in [0.1, 0.15) is 29.5 Å². The minimum atomic E-state index is -0.295. The molecule has 1 aliphatic heterocycles. The molecule has 0 unspecified atom stereocenters. The molecule has 0 aromatic heterocycles. The van der Waals surface area contributed by atoms with E-state index in [2.05, 4.69) is 24.3 Å². The van der Waals surface area contributed by atoms with E-state index >= 15 is 0 Å². The summed E-state index contributed by atoms with van der Waals surface area (Å²) in [4.78, 5) is 15.1. The first-order valence-electron chi connectivity index (χ1n) is 7.81. The van der Waals surface area contributed by atoms with Crippen LogP contribution < -0.4 is 0 Å². The molecular weight excluding hydrogens is 294 g/mol. The number of fused-ring (bicyclic) bond motifs is 1. The molecule has 112 valence electrons. The number of rotatable bonds is 2. The third-order valence-corrected chi connectivity index (χ3v) is 5.23. The lowest BCUT2D eigenvalue weighted by Crippen LogP contribution is -2.42. The second-order valence-corrected chi connectivity index (χ2v) is 6.77. The quantitative estimate of drug-likeness (QED) is 0.822. The van der Waals surface area contributed by atoms with Crippen molar-refractivity contribution in [3.05, 3.63) is 70.2 Å². The standard InChI is InChI=1S/C19H18ClNO/c20-17-7-5-16(6-8-17)19(10-11-19)18(22)21-12-9-14-3-1-2-4-15(14)13-21/h1-8H,9-13H2. The van der Waals surface area contributed by atoms with Crippen LogP contribution in [0.3, 0.4) is 0 Å². The molecular formula is C19H18ClNO. The molecule has 0 N–H and O–H groups in total. The first-order valence-corrected chi connectivity index (χ1v) is 8.19. The average molecular weight is 312 g/mol. The van der Waals surface area contributed by atoms with Gasteiger partial charge in [0, 0.05) is 18.1 Å². The molecule has 2 nitrogen and oxygen atoms in total. The van der Waals surface area contributed by atoms with Crippen molar-refractivity contribution in [2.24, 2.45) is 0 Å². The highest BCUT2D eigenvalue weighted by Gasteiger charge is 2.53. The number of nitrogens with zero attached hydrogens (tertiary/aromatic N) is 1. The molecule has 1 aliphatic carbocycles. The van der Waals surface area contributed by atoms with E-state index in [1.165, 1.54) is 11.1 Å². The summed E-state index contributed by atoms with van der Waals surface area (Å²) < 4.78 is 0. The Kier molecular flexibility index (Phi) is 3.23. The van der Waals surface area contributed by atoms with Gasteiger partial charge in [0.2, 0.25) is 5.91 Å². The lowest BCUT2D eigenvalue weighted by Gasteiger charge is -2.32. The van der Waals surface area contributed by atoms with E-state index in [9.17, 15) is 4.79 Å². The van der Waals surface area contributed by atoms with Crippen LogP contribution in [0, 0.1) is 0 Å². The number of halogens is 1. The smallest absolute Gasteiger partial charge is 0.233 e. The van der Waals surface area contributed by atoms with Gasteiger partial charge >= 0.3 is 0 Å². The fraction of sp³-hybridized carbons (Fsp3) is 0.316. The minimum Gasteiger partial charge on any atom is -0.337 e. The Bertz CT molecular complexity index is 718. The first-order chi connectivity index (χ1) is 10.7. The van der Waals surface area contributed by atoms with Gasteiger partial charge < -0.3 is 4.90 Å². The molecule has 0 radical (unpaired) electrons. The zero-order chi connectivity index (χ0) is 15.2. The highest BCUT2D eigenvalue weighted by atomic mass is 35.5. The summed E-state index contributed by atoms with van der Waals surface area (Å²) in [6.45, 7) is 1.57. The molecule has 0 spiro atoms. The van der Waals surface area contributed by atoms with Crippen molar-refractivity contribution in [1.29, 1.82) is 0 Å². The van der Waals surface area contributed by atoms with Crippen molar-refractivity contribution in [3.63, 3.8) is 0 Å². The van der Waals surface area contributed by atoms with Crippen molar-refractivity contribution < 1.29 is 4.79 Å². The number of carbonyl (C=O) groups excluding carboxylic acids is 1. The Morgan fingerprint density at radius 1 is 1.00 bits per heavy atom. The molecule has 0 saturated heterocycles. The predicted molar refractivity (Wildman–Crippen MR) is 87.9 cm³/mol. The summed E-state index contributed by atoms with van der Waals surface area (Å²) in [7, 11) is 0. The maximum Gasteiger partial charge on any atom is 0.233 e. The number of amides is 1. The summed E-state index contributed by atoms with van der Waals surface area (Å²) in [6.07, 6.45) is 2.86. The van der Waals surface area contributed by atoms with Crippen LogP contribution >= 0.6 is 11.6 Å². The summed E-state index contributed by atoms with van der Waals surface area (Å²) in [5, 5.41) is 0.721. The summed E-state index contributed by atoms with van der Waals surface area (Å²) in [5.74, 6) is 0.282. The van der Waals surface area contributed by atoms with Gasteiger partial charge in [-0.05, 0) is 48.1 Å². The lowest BCUT2D eigenvalue weighted by atomic mass is 9.92. The van der Waals surface area contributed by atoms with Gasteiger partial charge in [-0.1, -0.05) is 48.0 Å². The van der Waals surface area contributed by atoms with E-state index < -0.39 is 0 Å². The van der Waals surface area contributed by atoms with Crippen molar-refractivity contribution in [2.75, 3.05) is 6.54 Å². The number of hydrogen-bond donors (Lipinski definition) is 0. The second-order valence-electron chi connectivity index (χ2n) is 6.33. The fourth-order valence-corrected chi connectivity index (χ4v) is 3.62. The fourth-order valence-electron chi connectivity index (χ4n) is 3.49. The zero-order valence-electron chi connectivity index (χ0n) is 12.4. The maximum atomic E-state index is 13.1. The molecule has 4 rings (SSSR count). The first kappa shape index (κ1) is 13.8. The molecule has 1 heterocycles. The van der Waals surface area contributed by atoms with Gasteiger partial charge in [-0.2, -0.15) is 0 Å². The molecule has 1 amide bonds. The van der Waals surface area contributed by atoms with Gasteiger partial charge in [0.15, 0.2) is 0 Å². The summed E-state index contributed by atoms with van der Waals surface area (Å²) in [5.41, 5.74) is 3.48. The molecule has 3 heteroatoms. The topological polar surface area (TPSA) is 20.3 Å². The Morgan fingerprint density at radius 3 is 2.36 bits per heavy atom. The van der Waals surface area contributed by atoms with Crippen molar-refractivity contribution in [2.45, 2.75) is 31.2 Å². The number of carbonyl (C=O) groups is 1. The lowest BCUT2D eigenvalue weighted by molar-refractivity contribution is -0.134. The second kappa shape index (κ2) is 5.13. The summed E-state index contributed by atoms with van der Waals surface area (Å²) in [6, 6.07) is 16.2. The molecule has 1 saturated carbocycles. The highest BCUT2D eigenvalue weighted by Crippen LogP contribution is 2.50. The zero-order valence-corrected chi connectivity index (χ0v) is 13.1. The van der Waals surface area contributed by atoms with Gasteiger partial charge in [-0.25, -0.2) is 0 Å². The Balaban J connectivity index is 1.59. The molecule has 2 aliphatic rings. The monoisotopic (exact) mass is 311 g/mol. The van der Waals surface area contributed by atoms with E-state index in [1.54, 1.807) is 0 Å². The van der Waals surface area contributed by atoms with Crippen LogP contribution in [0.5, 0.6) is 0 Å². The van der Waals surface area contributed by atoms with E-state index in [-0.39, 0.29) is 11.3 Å². The average Bonchev–Trinajstić information content (AvgIpc) is 3.36. The van der Waals surface area contributed by atoms with Gasteiger partial charge in [-0.15, -0.1) is 0 Å². The van der Waals surface area contributed by atoms with Gasteiger partial charge in [0.05, 0.1) is 5.41 Å². The van der Waals surface area contributed by atoms with Gasteiger partial charge in [0.25, 0.3) is 0 Å². The van der Waals surface area contributed by atoms with Gasteiger partial charge in [-0.3, -0.25) is 4.79 Å². The van der Waals surface area contributed by atoms with Crippen LogP contribution in [0.2, 0.25) is 5.02 Å². The van der Waals surface area contributed by atoms with E-state index in [0.717, 1.165) is 42.9 Å². The Hall–Kier alpha value is -1.80. The normalized spacial score (nSPS) is 18.7. The highest BCUT2D eigenvalue weighted by molar-refractivity contribution is 6.30. The third kappa shape index (κ3) is 2.22. The molecule has 0 atom stereocenters. The SMILES string of the molecule is O=C(N1CCc2ccccc2C1)C1(c2ccc(Cl)cc2)CC1. The maximum absolute atomic E-state index is 13.1. The molecule has 0 bridgehead atoms. The number of benzene rings is 2. The minimum absolute atomic E-state index is 0.282. The van der Waals surface area contributed by atoms with Crippen LogP contribution in [0.15, 0.2) is 48.5 Å². The number of hydrogen-bond acceptors (Lipinski definition) is 1. The van der Waals surface area contributed by atoms with E-state index in [4.69, 9.17) is 11.6 Å². The van der Waals surface area contributed by atoms with Crippen molar-refractivity contribution in [1.82, 2.24) is 4.90 Å². The van der Waals surface area contributed by atoms with E-state index in [0.29, 0.717) is 0 Å². The van der Waals surface area contributed by atoms with Crippen molar-refractivity contribution >= 4 is 17.5 Å². The largest absolute Gasteiger partial charge is 0.337 e. The van der Waals surface area contributed by atoms with Crippen molar-refractivity contribution in [3.8, 4) is 0 Å². The third-order valence-electron chi connectivity index (χ3n) is 4.97. The Labute approximate surface area is 135 Å². The molecule has 22 heavy (non-hydrogen) atoms. The van der Waals surface area contributed by atoms with E-state index in [1.807, 2.05) is 29.2 Å². The summed E-state index contributed by atoms with van der Waals surface area (Å²) >= 11 is 5.97. The van der Waals surface area contributed by atoms with Crippen LogP contribution in [-0.2, 0) is 23.2 Å². The van der Waals surface area contributed by atoms with Crippen LogP contribution in [-0.4, -0.2) is 17.4 Å². The van der Waals surface area contributed by atoms with Crippen LogP contribution in [0.4, 0.5) is 0 Å². The Morgan fingerprint density at radius 2 is 1.68 bits per heavy atom. The molecule has 2 aromatic rings. The predicted octanol–water partition coefficient (Wildman–Crippen LogP) is 3.96. The molecule has 1 fully saturated rings.